The van der Waals surface area contributed by atoms with Gasteiger partial charge in [0.25, 0.3) is 0 Å². The predicted octanol–water partition coefficient (Wildman–Crippen LogP) is 3.67. The lowest BCUT2D eigenvalue weighted by molar-refractivity contribution is 0.374. The van der Waals surface area contributed by atoms with Crippen LogP contribution in [0.5, 0.6) is 0 Å². The zero-order valence-electron chi connectivity index (χ0n) is 10.3. The van der Waals surface area contributed by atoms with E-state index in [-0.39, 0.29) is 0 Å². The predicted molar refractivity (Wildman–Crippen MR) is 63.9 cm³/mol. The van der Waals surface area contributed by atoms with Crippen LogP contribution in [-0.2, 0) is 0 Å². The van der Waals surface area contributed by atoms with Gasteiger partial charge in [0.1, 0.15) is 5.76 Å². The van der Waals surface area contributed by atoms with Crippen LogP contribution in [0.25, 0.3) is 0 Å². The highest BCUT2D eigenvalue weighted by molar-refractivity contribution is 5.18. The summed E-state index contributed by atoms with van der Waals surface area (Å²) < 4.78 is 5.55. The molecule has 0 aromatic carbocycles. The van der Waals surface area contributed by atoms with Gasteiger partial charge in [-0.1, -0.05) is 20.8 Å². The van der Waals surface area contributed by atoms with Gasteiger partial charge in [0, 0.05) is 0 Å². The van der Waals surface area contributed by atoms with Crippen molar-refractivity contribution >= 4 is 0 Å². The highest BCUT2D eigenvalue weighted by Gasteiger charge is 2.15. The summed E-state index contributed by atoms with van der Waals surface area (Å²) in [5, 5.41) is 3.49. The normalized spacial score (nSPS) is 13.4. The molecular formula is C13H23NO. The second-order valence-corrected chi connectivity index (χ2v) is 4.55. The fourth-order valence-electron chi connectivity index (χ4n) is 1.81. The third-order valence-electron chi connectivity index (χ3n) is 2.70. The summed E-state index contributed by atoms with van der Waals surface area (Å²) in [4.78, 5) is 0. The van der Waals surface area contributed by atoms with E-state index in [0.717, 1.165) is 24.6 Å². The van der Waals surface area contributed by atoms with E-state index in [9.17, 15) is 0 Å². The van der Waals surface area contributed by atoms with Gasteiger partial charge in [0.05, 0.1) is 12.3 Å². The van der Waals surface area contributed by atoms with Gasteiger partial charge in [-0.15, -0.1) is 0 Å². The monoisotopic (exact) mass is 209 g/mol. The van der Waals surface area contributed by atoms with Crippen LogP contribution in [0.2, 0.25) is 0 Å². The van der Waals surface area contributed by atoms with Crippen molar-refractivity contribution in [2.75, 3.05) is 6.54 Å². The molecule has 0 amide bonds. The highest BCUT2D eigenvalue weighted by Crippen LogP contribution is 2.24. The molecule has 1 aromatic heterocycles. The first-order valence-electron chi connectivity index (χ1n) is 5.92. The van der Waals surface area contributed by atoms with Gasteiger partial charge in [-0.2, -0.15) is 0 Å². The van der Waals surface area contributed by atoms with Crippen molar-refractivity contribution in [2.45, 2.75) is 46.6 Å². The number of hydrogen-bond acceptors (Lipinski definition) is 2. The third kappa shape index (κ3) is 3.71. The molecule has 1 N–H and O–H groups in total. The molecule has 1 unspecified atom stereocenters. The molecule has 2 nitrogen and oxygen atoms in total. The average Bonchev–Trinajstić information content (AvgIpc) is 2.59. The van der Waals surface area contributed by atoms with Gasteiger partial charge in [-0.05, 0) is 43.9 Å². The van der Waals surface area contributed by atoms with Crippen LogP contribution in [-0.4, -0.2) is 6.54 Å². The van der Waals surface area contributed by atoms with Gasteiger partial charge in [0.15, 0.2) is 0 Å². The summed E-state index contributed by atoms with van der Waals surface area (Å²) in [5.74, 6) is 1.86. The highest BCUT2D eigenvalue weighted by atomic mass is 16.3. The summed E-state index contributed by atoms with van der Waals surface area (Å²) in [5.41, 5.74) is 1.25. The third-order valence-corrected chi connectivity index (χ3v) is 2.70. The van der Waals surface area contributed by atoms with Gasteiger partial charge < -0.3 is 9.73 Å². The molecule has 2 heteroatoms. The van der Waals surface area contributed by atoms with Crippen molar-refractivity contribution in [1.82, 2.24) is 5.32 Å². The Kier molecular flexibility index (Phi) is 4.89. The molecule has 0 aliphatic rings. The lowest BCUT2D eigenvalue weighted by atomic mass is 10.0. The van der Waals surface area contributed by atoms with Crippen molar-refractivity contribution in [3.05, 3.63) is 23.7 Å². The summed E-state index contributed by atoms with van der Waals surface area (Å²) in [7, 11) is 0. The maximum Gasteiger partial charge on any atom is 0.123 e. The lowest BCUT2D eigenvalue weighted by Gasteiger charge is -2.17. The van der Waals surface area contributed by atoms with Crippen molar-refractivity contribution in [3.8, 4) is 0 Å². The minimum Gasteiger partial charge on any atom is -0.467 e. The molecule has 1 heterocycles. The number of rotatable bonds is 6. The quantitative estimate of drug-likeness (QED) is 0.773. The summed E-state index contributed by atoms with van der Waals surface area (Å²) in [6.45, 7) is 9.76. The molecule has 0 spiro atoms. The molecule has 1 atom stereocenters. The van der Waals surface area contributed by atoms with Crippen LogP contribution in [0, 0.1) is 12.8 Å². The number of furan rings is 1. The molecule has 15 heavy (non-hydrogen) atoms. The molecule has 0 aliphatic carbocycles. The van der Waals surface area contributed by atoms with E-state index in [2.05, 4.69) is 33.0 Å². The van der Waals surface area contributed by atoms with Gasteiger partial charge >= 0.3 is 0 Å². The second kappa shape index (κ2) is 5.96. The van der Waals surface area contributed by atoms with Crippen LogP contribution >= 0.6 is 0 Å². The van der Waals surface area contributed by atoms with E-state index < -0.39 is 0 Å². The van der Waals surface area contributed by atoms with Crippen LogP contribution < -0.4 is 5.32 Å². The Hall–Kier alpha value is -0.760. The van der Waals surface area contributed by atoms with Crippen LogP contribution in [0.15, 0.2) is 16.7 Å². The van der Waals surface area contributed by atoms with E-state index in [1.165, 1.54) is 12.0 Å². The maximum absolute atomic E-state index is 5.55. The Balaban J connectivity index is 2.61. The molecule has 1 aromatic rings. The van der Waals surface area contributed by atoms with E-state index >= 15 is 0 Å². The standard InChI is InChI=1S/C13H23NO/c1-5-14-12(7-6-10(2)3)13-11(4)8-9-15-13/h8-10,12,14H,5-7H2,1-4H3. The summed E-state index contributed by atoms with van der Waals surface area (Å²) in [6.07, 6.45) is 4.17. The second-order valence-electron chi connectivity index (χ2n) is 4.55. The SMILES string of the molecule is CCNC(CCC(C)C)c1occc1C. The zero-order chi connectivity index (χ0) is 11.3. The average molecular weight is 209 g/mol. The summed E-state index contributed by atoms with van der Waals surface area (Å²) in [6, 6.07) is 2.42. The Morgan fingerprint density at radius 2 is 2.07 bits per heavy atom. The molecular weight excluding hydrogens is 186 g/mol. The molecule has 1 rings (SSSR count). The molecule has 0 radical (unpaired) electrons. The molecule has 0 saturated heterocycles. The Morgan fingerprint density at radius 3 is 2.53 bits per heavy atom. The lowest BCUT2D eigenvalue weighted by Crippen LogP contribution is -2.21. The first-order chi connectivity index (χ1) is 7.15. The molecule has 0 fully saturated rings. The molecule has 0 aliphatic heterocycles. The molecule has 86 valence electrons. The largest absolute Gasteiger partial charge is 0.467 e. The molecule has 0 bridgehead atoms. The maximum atomic E-state index is 5.55. The van der Waals surface area contributed by atoms with Crippen LogP contribution in [0.4, 0.5) is 0 Å². The first-order valence-corrected chi connectivity index (χ1v) is 5.92. The zero-order valence-corrected chi connectivity index (χ0v) is 10.3. The minimum atomic E-state index is 0.382. The van der Waals surface area contributed by atoms with Gasteiger partial charge in [-0.3, -0.25) is 0 Å². The number of aryl methyl sites for hydroxylation is 1. The topological polar surface area (TPSA) is 25.2 Å². The van der Waals surface area contributed by atoms with E-state index in [1.54, 1.807) is 6.26 Å². The fourth-order valence-corrected chi connectivity index (χ4v) is 1.81. The Bertz CT molecular complexity index is 278. The first kappa shape index (κ1) is 12.3. The van der Waals surface area contributed by atoms with Crippen molar-refractivity contribution in [2.24, 2.45) is 5.92 Å². The smallest absolute Gasteiger partial charge is 0.123 e. The van der Waals surface area contributed by atoms with E-state index in [4.69, 9.17) is 4.42 Å². The number of hydrogen-bond donors (Lipinski definition) is 1. The van der Waals surface area contributed by atoms with Gasteiger partial charge in [0.2, 0.25) is 0 Å². The Labute approximate surface area is 93.1 Å². The summed E-state index contributed by atoms with van der Waals surface area (Å²) >= 11 is 0. The minimum absolute atomic E-state index is 0.382. The van der Waals surface area contributed by atoms with Gasteiger partial charge in [-0.25, -0.2) is 0 Å². The van der Waals surface area contributed by atoms with Crippen molar-refractivity contribution in [1.29, 1.82) is 0 Å². The van der Waals surface area contributed by atoms with Crippen LogP contribution in [0.3, 0.4) is 0 Å². The number of nitrogens with one attached hydrogen (secondary N) is 1. The van der Waals surface area contributed by atoms with Crippen molar-refractivity contribution in [3.63, 3.8) is 0 Å². The van der Waals surface area contributed by atoms with E-state index in [1.807, 2.05) is 6.07 Å². The fraction of sp³-hybridized carbons (Fsp3) is 0.692. The van der Waals surface area contributed by atoms with Crippen LogP contribution in [0.1, 0.15) is 51.0 Å². The van der Waals surface area contributed by atoms with Crippen molar-refractivity contribution < 1.29 is 4.42 Å². The Morgan fingerprint density at radius 1 is 1.33 bits per heavy atom. The molecule has 0 saturated carbocycles. The van der Waals surface area contributed by atoms with E-state index in [0.29, 0.717) is 6.04 Å².